The van der Waals surface area contributed by atoms with Gasteiger partial charge in [0.1, 0.15) is 5.78 Å². The highest BCUT2D eigenvalue weighted by Gasteiger charge is 2.18. The van der Waals surface area contributed by atoms with Crippen molar-refractivity contribution in [3.05, 3.63) is 54.1 Å². The van der Waals surface area contributed by atoms with Gasteiger partial charge < -0.3 is 0 Å². The lowest BCUT2D eigenvalue weighted by molar-refractivity contribution is -0.118. The van der Waals surface area contributed by atoms with Gasteiger partial charge in [-0.1, -0.05) is 42.0 Å². The van der Waals surface area contributed by atoms with Gasteiger partial charge in [-0.3, -0.25) is 4.79 Å². The van der Waals surface area contributed by atoms with E-state index in [2.05, 4.69) is 18.7 Å². The number of hydrogen-bond donors (Lipinski definition) is 0. The Morgan fingerprint density at radius 2 is 1.94 bits per heavy atom. The van der Waals surface area contributed by atoms with Crippen molar-refractivity contribution < 1.29 is 4.79 Å². The van der Waals surface area contributed by atoms with Gasteiger partial charge in [-0.25, -0.2) is 0 Å². The monoisotopic (exact) mass is 226 g/mol. The van der Waals surface area contributed by atoms with E-state index in [4.69, 9.17) is 0 Å². The lowest BCUT2D eigenvalue weighted by Gasteiger charge is -2.19. The second kappa shape index (κ2) is 5.62. The van der Waals surface area contributed by atoms with Crippen molar-refractivity contribution in [2.24, 2.45) is 0 Å². The summed E-state index contributed by atoms with van der Waals surface area (Å²) >= 11 is 0. The third-order valence-corrected chi connectivity index (χ3v) is 3.28. The van der Waals surface area contributed by atoms with Crippen molar-refractivity contribution in [1.82, 2.24) is 0 Å². The average Bonchev–Trinajstić information content (AvgIpc) is 2.38. The molecule has 0 heterocycles. The number of allylic oxidation sites excluding steroid dienone is 3. The zero-order valence-electron chi connectivity index (χ0n) is 10.1. The fraction of sp³-hybridized carbons (Fsp3) is 0.312. The Kier molecular flexibility index (Phi) is 3.92. The van der Waals surface area contributed by atoms with E-state index in [9.17, 15) is 4.79 Å². The number of ketones is 1. The van der Waals surface area contributed by atoms with Crippen LogP contribution in [0.15, 0.2) is 48.6 Å². The summed E-state index contributed by atoms with van der Waals surface area (Å²) in [5, 5.41) is 0. The molecule has 1 aromatic rings. The molecular formula is C16H18O. The quantitative estimate of drug-likeness (QED) is 0.704. The minimum atomic E-state index is 0.367. The molecule has 0 radical (unpaired) electrons. The maximum Gasteiger partial charge on any atom is 0.137 e. The Labute approximate surface area is 103 Å². The van der Waals surface area contributed by atoms with Crippen LogP contribution in [0.5, 0.6) is 0 Å². The first-order chi connectivity index (χ1) is 8.31. The third-order valence-electron chi connectivity index (χ3n) is 3.28. The number of rotatable bonds is 4. The van der Waals surface area contributed by atoms with Crippen LogP contribution in [0.2, 0.25) is 0 Å². The number of hydrogen-bond acceptors (Lipinski definition) is 1. The van der Waals surface area contributed by atoms with Crippen LogP contribution in [0.1, 0.15) is 37.7 Å². The van der Waals surface area contributed by atoms with Gasteiger partial charge in [0.05, 0.1) is 0 Å². The maximum absolute atomic E-state index is 11.6. The predicted molar refractivity (Wildman–Crippen MR) is 71.7 cm³/mol. The highest BCUT2D eigenvalue weighted by Crippen LogP contribution is 2.32. The molecule has 0 saturated carbocycles. The van der Waals surface area contributed by atoms with Crippen LogP contribution in [0.3, 0.4) is 0 Å². The Balaban J connectivity index is 2.32. The van der Waals surface area contributed by atoms with Crippen molar-refractivity contribution in [3.63, 3.8) is 0 Å². The van der Waals surface area contributed by atoms with E-state index in [-0.39, 0.29) is 0 Å². The molecule has 0 spiro atoms. The van der Waals surface area contributed by atoms with Crippen LogP contribution < -0.4 is 0 Å². The fourth-order valence-corrected chi connectivity index (χ4v) is 2.35. The van der Waals surface area contributed by atoms with Crippen LogP contribution in [0.25, 0.3) is 5.57 Å². The van der Waals surface area contributed by atoms with Gasteiger partial charge in [0.25, 0.3) is 0 Å². The van der Waals surface area contributed by atoms with Crippen molar-refractivity contribution >= 4 is 11.4 Å². The van der Waals surface area contributed by atoms with Crippen molar-refractivity contribution in [1.29, 1.82) is 0 Å². The number of carbonyl (C=O) groups is 1. The SMILES string of the molecule is C=CCCC1=C(c2ccccc2)CC(=O)CC1. The highest BCUT2D eigenvalue weighted by atomic mass is 16.1. The molecule has 0 unspecified atom stereocenters. The molecular weight excluding hydrogens is 208 g/mol. The lowest BCUT2D eigenvalue weighted by atomic mass is 9.85. The van der Waals surface area contributed by atoms with Gasteiger partial charge in [0.2, 0.25) is 0 Å². The molecule has 88 valence electrons. The number of carbonyl (C=O) groups excluding carboxylic acids is 1. The third kappa shape index (κ3) is 2.94. The standard InChI is InChI=1S/C16H18O/c1-2-3-7-14-10-11-15(17)12-16(14)13-8-5-4-6-9-13/h2,4-6,8-9H,1,3,7,10-12H2. The molecule has 1 aliphatic carbocycles. The number of benzene rings is 1. The molecule has 0 aliphatic heterocycles. The lowest BCUT2D eigenvalue weighted by Crippen LogP contribution is -2.09. The summed E-state index contributed by atoms with van der Waals surface area (Å²) in [6.07, 6.45) is 6.24. The van der Waals surface area contributed by atoms with Crippen LogP contribution in [-0.4, -0.2) is 5.78 Å². The van der Waals surface area contributed by atoms with Crippen molar-refractivity contribution in [2.75, 3.05) is 0 Å². The Bertz CT molecular complexity index is 440. The van der Waals surface area contributed by atoms with Gasteiger partial charge in [-0.15, -0.1) is 6.58 Å². The second-order valence-electron chi connectivity index (χ2n) is 4.49. The van der Waals surface area contributed by atoms with Crippen LogP contribution >= 0.6 is 0 Å². The fourth-order valence-electron chi connectivity index (χ4n) is 2.35. The van der Waals surface area contributed by atoms with E-state index in [0.717, 1.165) is 19.3 Å². The van der Waals surface area contributed by atoms with Crippen molar-refractivity contribution in [3.8, 4) is 0 Å². The first-order valence-corrected chi connectivity index (χ1v) is 6.20. The largest absolute Gasteiger partial charge is 0.299 e. The molecule has 1 nitrogen and oxygen atoms in total. The molecule has 0 N–H and O–H groups in total. The highest BCUT2D eigenvalue weighted by molar-refractivity contribution is 5.93. The van der Waals surface area contributed by atoms with Gasteiger partial charge in [0, 0.05) is 12.8 Å². The maximum atomic E-state index is 11.6. The van der Waals surface area contributed by atoms with Gasteiger partial charge in [-0.05, 0) is 30.4 Å². The van der Waals surface area contributed by atoms with E-state index in [1.807, 2.05) is 24.3 Å². The molecule has 1 aliphatic rings. The Morgan fingerprint density at radius 1 is 1.18 bits per heavy atom. The van der Waals surface area contributed by atoms with E-state index in [1.54, 1.807) is 0 Å². The summed E-state index contributed by atoms with van der Waals surface area (Å²) in [6.45, 7) is 3.77. The van der Waals surface area contributed by atoms with E-state index < -0.39 is 0 Å². The minimum Gasteiger partial charge on any atom is -0.299 e. The molecule has 0 fully saturated rings. The molecule has 0 saturated heterocycles. The molecule has 0 aromatic heterocycles. The van der Waals surface area contributed by atoms with Crippen LogP contribution in [0, 0.1) is 0 Å². The van der Waals surface area contributed by atoms with Gasteiger partial charge in [-0.2, -0.15) is 0 Å². The normalized spacial score (nSPS) is 16.1. The average molecular weight is 226 g/mol. The Morgan fingerprint density at radius 3 is 2.65 bits per heavy atom. The summed E-state index contributed by atoms with van der Waals surface area (Å²) in [7, 11) is 0. The van der Waals surface area contributed by atoms with E-state index in [1.165, 1.54) is 16.7 Å². The number of Topliss-reactive ketones (excluding diaryl/α,β-unsaturated/α-hetero) is 1. The predicted octanol–water partition coefficient (Wildman–Crippen LogP) is 4.16. The molecule has 1 aromatic carbocycles. The van der Waals surface area contributed by atoms with Crippen LogP contribution in [0.4, 0.5) is 0 Å². The molecule has 2 rings (SSSR count). The summed E-state index contributed by atoms with van der Waals surface area (Å²) in [5.74, 6) is 0.367. The van der Waals surface area contributed by atoms with E-state index >= 15 is 0 Å². The minimum absolute atomic E-state index is 0.367. The smallest absolute Gasteiger partial charge is 0.137 e. The summed E-state index contributed by atoms with van der Waals surface area (Å²) in [4.78, 5) is 11.6. The summed E-state index contributed by atoms with van der Waals surface area (Å²) in [5.41, 5.74) is 3.90. The molecule has 1 heteroatoms. The first-order valence-electron chi connectivity index (χ1n) is 6.20. The first kappa shape index (κ1) is 11.8. The van der Waals surface area contributed by atoms with E-state index in [0.29, 0.717) is 18.6 Å². The van der Waals surface area contributed by atoms with Gasteiger partial charge in [0.15, 0.2) is 0 Å². The van der Waals surface area contributed by atoms with Crippen molar-refractivity contribution in [2.45, 2.75) is 32.1 Å². The summed E-state index contributed by atoms with van der Waals surface area (Å²) < 4.78 is 0. The molecule has 0 amide bonds. The molecule has 0 atom stereocenters. The Hall–Kier alpha value is -1.63. The topological polar surface area (TPSA) is 17.1 Å². The van der Waals surface area contributed by atoms with Gasteiger partial charge >= 0.3 is 0 Å². The zero-order chi connectivity index (χ0) is 12.1. The zero-order valence-corrected chi connectivity index (χ0v) is 10.1. The second-order valence-corrected chi connectivity index (χ2v) is 4.49. The molecule has 0 bridgehead atoms. The molecule has 17 heavy (non-hydrogen) atoms. The van der Waals surface area contributed by atoms with Crippen LogP contribution in [-0.2, 0) is 4.79 Å². The summed E-state index contributed by atoms with van der Waals surface area (Å²) in [6, 6.07) is 10.3.